The van der Waals surface area contributed by atoms with Crippen LogP contribution in [0.3, 0.4) is 0 Å². The Labute approximate surface area is 121 Å². The van der Waals surface area contributed by atoms with Gasteiger partial charge in [-0.15, -0.1) is 0 Å². The van der Waals surface area contributed by atoms with Crippen LogP contribution < -0.4 is 0 Å². The maximum Gasteiger partial charge on any atom is 0.311 e. The largest absolute Gasteiger partial charge is 0.481 e. The maximum absolute atomic E-state index is 11.5. The molecule has 0 spiro atoms. The van der Waals surface area contributed by atoms with Crippen LogP contribution in [0.4, 0.5) is 0 Å². The summed E-state index contributed by atoms with van der Waals surface area (Å²) in [6, 6.07) is 7.97. The number of aliphatic hydroxyl groups is 1. The molecular formula is C17H26O3. The van der Waals surface area contributed by atoms with Crippen LogP contribution in [-0.2, 0) is 11.2 Å². The molecule has 20 heavy (non-hydrogen) atoms. The van der Waals surface area contributed by atoms with Crippen molar-refractivity contribution in [3.63, 3.8) is 0 Å². The van der Waals surface area contributed by atoms with Gasteiger partial charge in [0.15, 0.2) is 0 Å². The van der Waals surface area contributed by atoms with Crippen LogP contribution in [0.2, 0.25) is 0 Å². The summed E-state index contributed by atoms with van der Waals surface area (Å²) in [6.07, 6.45) is 4.76. The number of carboxylic acids is 1. The van der Waals surface area contributed by atoms with Gasteiger partial charge in [-0.25, -0.2) is 0 Å². The molecule has 0 aliphatic carbocycles. The number of carboxylic acid groups (broad SMARTS) is 1. The van der Waals surface area contributed by atoms with Gasteiger partial charge >= 0.3 is 5.97 Å². The van der Waals surface area contributed by atoms with E-state index in [4.69, 9.17) is 5.11 Å². The van der Waals surface area contributed by atoms with E-state index in [1.54, 1.807) is 0 Å². The fourth-order valence-electron chi connectivity index (χ4n) is 2.57. The van der Waals surface area contributed by atoms with Crippen molar-refractivity contribution in [3.8, 4) is 0 Å². The highest BCUT2D eigenvalue weighted by Gasteiger charge is 2.26. The van der Waals surface area contributed by atoms with Gasteiger partial charge in [-0.1, -0.05) is 44.5 Å². The van der Waals surface area contributed by atoms with E-state index in [2.05, 4.69) is 6.92 Å². The molecule has 112 valence electrons. The zero-order valence-corrected chi connectivity index (χ0v) is 12.5. The van der Waals surface area contributed by atoms with Gasteiger partial charge in [0, 0.05) is 6.61 Å². The molecule has 2 unspecified atom stereocenters. The lowest BCUT2D eigenvalue weighted by atomic mass is 9.84. The Bertz CT molecular complexity index is 397. The van der Waals surface area contributed by atoms with Crippen molar-refractivity contribution in [1.82, 2.24) is 0 Å². The topological polar surface area (TPSA) is 57.5 Å². The van der Waals surface area contributed by atoms with Gasteiger partial charge in [-0.2, -0.15) is 0 Å². The molecule has 0 amide bonds. The van der Waals surface area contributed by atoms with E-state index in [1.165, 1.54) is 5.56 Å². The van der Waals surface area contributed by atoms with E-state index >= 15 is 0 Å². The first-order chi connectivity index (χ1) is 9.60. The molecule has 0 aliphatic rings. The Morgan fingerprint density at radius 2 is 1.85 bits per heavy atom. The third-order valence-electron chi connectivity index (χ3n) is 3.81. The molecule has 0 aliphatic heterocycles. The molecule has 1 aromatic rings. The zero-order chi connectivity index (χ0) is 15.0. The number of hydrogen-bond donors (Lipinski definition) is 2. The smallest absolute Gasteiger partial charge is 0.311 e. The van der Waals surface area contributed by atoms with Gasteiger partial charge in [0.1, 0.15) is 0 Å². The second-order valence-corrected chi connectivity index (χ2v) is 5.50. The molecular weight excluding hydrogens is 252 g/mol. The number of rotatable bonds is 9. The van der Waals surface area contributed by atoms with Crippen LogP contribution in [0, 0.1) is 5.92 Å². The Kier molecular flexibility index (Phi) is 7.31. The quantitative estimate of drug-likeness (QED) is 0.725. The minimum Gasteiger partial charge on any atom is -0.481 e. The molecule has 0 radical (unpaired) electrons. The van der Waals surface area contributed by atoms with Gasteiger partial charge in [0.25, 0.3) is 0 Å². The highest BCUT2D eigenvalue weighted by atomic mass is 16.4. The number of benzene rings is 1. The van der Waals surface area contributed by atoms with E-state index in [9.17, 15) is 9.90 Å². The molecule has 3 heteroatoms. The van der Waals surface area contributed by atoms with Crippen LogP contribution in [0.5, 0.6) is 0 Å². The van der Waals surface area contributed by atoms with Crippen LogP contribution >= 0.6 is 0 Å². The normalized spacial score (nSPS) is 13.9. The van der Waals surface area contributed by atoms with E-state index in [0.29, 0.717) is 6.42 Å². The minimum atomic E-state index is -0.781. The van der Waals surface area contributed by atoms with E-state index in [0.717, 1.165) is 31.2 Å². The predicted octanol–water partition coefficient (Wildman–Crippen LogP) is 3.61. The fourth-order valence-corrected chi connectivity index (χ4v) is 2.57. The highest BCUT2D eigenvalue weighted by Crippen LogP contribution is 2.28. The molecule has 0 heterocycles. The standard InChI is InChI=1S/C17H26O3/c1-3-4-7-14-8-10-15(11-9-14)16(17(19)20)13(2)6-5-12-18/h8-11,13,16,18H,3-7,12H2,1-2H3,(H,19,20). The summed E-state index contributed by atoms with van der Waals surface area (Å²) in [5.74, 6) is -1.24. The van der Waals surface area contributed by atoms with E-state index < -0.39 is 11.9 Å². The van der Waals surface area contributed by atoms with Crippen molar-refractivity contribution in [2.75, 3.05) is 6.61 Å². The third kappa shape index (κ3) is 4.97. The fraction of sp³-hybridized carbons (Fsp3) is 0.588. The van der Waals surface area contributed by atoms with Crippen LogP contribution in [0.15, 0.2) is 24.3 Å². The average molecular weight is 278 g/mol. The Hall–Kier alpha value is -1.35. The van der Waals surface area contributed by atoms with Crippen molar-refractivity contribution >= 4 is 5.97 Å². The Morgan fingerprint density at radius 1 is 1.20 bits per heavy atom. The number of hydrogen-bond acceptors (Lipinski definition) is 2. The monoisotopic (exact) mass is 278 g/mol. The maximum atomic E-state index is 11.5. The lowest BCUT2D eigenvalue weighted by Gasteiger charge is -2.20. The molecule has 0 saturated heterocycles. The molecule has 0 fully saturated rings. The second kappa shape index (κ2) is 8.75. The highest BCUT2D eigenvalue weighted by molar-refractivity contribution is 5.76. The lowest BCUT2D eigenvalue weighted by Crippen LogP contribution is -2.20. The van der Waals surface area contributed by atoms with Crippen molar-refractivity contribution < 1.29 is 15.0 Å². The van der Waals surface area contributed by atoms with Crippen LogP contribution in [-0.4, -0.2) is 22.8 Å². The first kappa shape index (κ1) is 16.7. The molecule has 1 rings (SSSR count). The van der Waals surface area contributed by atoms with Gasteiger partial charge in [0.05, 0.1) is 5.92 Å². The lowest BCUT2D eigenvalue weighted by molar-refractivity contribution is -0.140. The zero-order valence-electron chi connectivity index (χ0n) is 12.5. The van der Waals surface area contributed by atoms with Gasteiger partial charge < -0.3 is 10.2 Å². The first-order valence-corrected chi connectivity index (χ1v) is 7.52. The molecule has 2 N–H and O–H groups in total. The summed E-state index contributed by atoms with van der Waals surface area (Å²) in [4.78, 5) is 11.5. The summed E-state index contributed by atoms with van der Waals surface area (Å²) in [7, 11) is 0. The summed E-state index contributed by atoms with van der Waals surface area (Å²) in [6.45, 7) is 4.23. The van der Waals surface area contributed by atoms with Gasteiger partial charge in [0.2, 0.25) is 0 Å². The van der Waals surface area contributed by atoms with Crippen molar-refractivity contribution in [2.24, 2.45) is 5.92 Å². The molecule has 3 nitrogen and oxygen atoms in total. The Balaban J connectivity index is 2.78. The van der Waals surface area contributed by atoms with E-state index in [1.807, 2.05) is 31.2 Å². The van der Waals surface area contributed by atoms with E-state index in [-0.39, 0.29) is 12.5 Å². The molecule has 0 bridgehead atoms. The first-order valence-electron chi connectivity index (χ1n) is 7.52. The van der Waals surface area contributed by atoms with Crippen LogP contribution in [0.25, 0.3) is 0 Å². The second-order valence-electron chi connectivity index (χ2n) is 5.50. The molecule has 2 atom stereocenters. The van der Waals surface area contributed by atoms with Crippen molar-refractivity contribution in [3.05, 3.63) is 35.4 Å². The van der Waals surface area contributed by atoms with Crippen LogP contribution in [0.1, 0.15) is 56.6 Å². The number of aryl methyl sites for hydroxylation is 1. The summed E-state index contributed by atoms with van der Waals surface area (Å²) in [5, 5.41) is 18.3. The molecule has 1 aromatic carbocycles. The predicted molar refractivity (Wildman–Crippen MR) is 80.9 cm³/mol. The molecule has 0 saturated carbocycles. The van der Waals surface area contributed by atoms with Crippen molar-refractivity contribution in [1.29, 1.82) is 0 Å². The molecule has 0 aromatic heterocycles. The average Bonchev–Trinajstić information content (AvgIpc) is 2.44. The minimum absolute atomic E-state index is 0.0288. The SMILES string of the molecule is CCCCc1ccc(C(C(=O)O)C(C)CCCO)cc1. The third-order valence-corrected chi connectivity index (χ3v) is 3.81. The van der Waals surface area contributed by atoms with Gasteiger partial charge in [-0.3, -0.25) is 4.79 Å². The summed E-state index contributed by atoms with van der Waals surface area (Å²) < 4.78 is 0. The number of aliphatic carboxylic acids is 1. The summed E-state index contributed by atoms with van der Waals surface area (Å²) in [5.41, 5.74) is 2.13. The van der Waals surface area contributed by atoms with Crippen molar-refractivity contribution in [2.45, 2.75) is 51.9 Å². The number of carbonyl (C=O) groups is 1. The number of aliphatic hydroxyl groups excluding tert-OH is 1. The Morgan fingerprint density at radius 3 is 2.35 bits per heavy atom. The van der Waals surface area contributed by atoms with Gasteiger partial charge in [-0.05, 0) is 42.7 Å². The number of unbranched alkanes of at least 4 members (excludes halogenated alkanes) is 1. The summed E-state index contributed by atoms with van der Waals surface area (Å²) >= 11 is 0.